The Morgan fingerprint density at radius 1 is 1.00 bits per heavy atom. The molecule has 23 heavy (non-hydrogen) atoms. The van der Waals surface area contributed by atoms with E-state index in [-0.39, 0.29) is 12.0 Å². The van der Waals surface area contributed by atoms with Crippen LogP contribution in [-0.4, -0.2) is 18.1 Å². The van der Waals surface area contributed by atoms with E-state index in [2.05, 4.69) is 21.2 Å². The van der Waals surface area contributed by atoms with E-state index >= 15 is 0 Å². The lowest BCUT2D eigenvalue weighted by molar-refractivity contribution is -0.122. The average Bonchev–Trinajstić information content (AvgIpc) is 2.48. The van der Waals surface area contributed by atoms with Gasteiger partial charge in [0.05, 0.1) is 6.10 Å². The molecule has 0 saturated heterocycles. The zero-order valence-corrected chi connectivity index (χ0v) is 15.0. The highest BCUT2D eigenvalue weighted by atomic mass is 79.9. The fourth-order valence-corrected chi connectivity index (χ4v) is 2.31. The zero-order valence-electron chi connectivity index (χ0n) is 13.4. The Labute approximate surface area is 144 Å². The number of hydrogen-bond donors (Lipinski definition) is 1. The Balaban J connectivity index is 1.92. The van der Waals surface area contributed by atoms with Crippen molar-refractivity contribution in [2.75, 3.05) is 5.32 Å². The number of benzene rings is 2. The van der Waals surface area contributed by atoms with Gasteiger partial charge in [-0.15, -0.1) is 0 Å². The first-order valence-electron chi connectivity index (χ1n) is 7.44. The molecule has 1 amide bonds. The zero-order chi connectivity index (χ0) is 16.8. The summed E-state index contributed by atoms with van der Waals surface area (Å²) in [6, 6.07) is 14.7. The van der Waals surface area contributed by atoms with Gasteiger partial charge in [0.1, 0.15) is 11.5 Å². The van der Waals surface area contributed by atoms with E-state index in [0.29, 0.717) is 11.4 Å². The minimum Gasteiger partial charge on any atom is -0.491 e. The van der Waals surface area contributed by atoms with Crippen molar-refractivity contribution in [3.8, 4) is 11.5 Å². The molecule has 1 N–H and O–H groups in total. The van der Waals surface area contributed by atoms with Crippen LogP contribution in [0, 0.1) is 0 Å². The molecule has 5 heteroatoms. The van der Waals surface area contributed by atoms with E-state index in [1.54, 1.807) is 19.1 Å². The van der Waals surface area contributed by atoms with Gasteiger partial charge in [0.15, 0.2) is 6.10 Å². The normalized spacial score (nSPS) is 11.9. The van der Waals surface area contributed by atoms with Crippen LogP contribution < -0.4 is 14.8 Å². The van der Waals surface area contributed by atoms with Crippen molar-refractivity contribution in [3.63, 3.8) is 0 Å². The number of nitrogens with one attached hydrogen (secondary N) is 1. The quantitative estimate of drug-likeness (QED) is 0.797. The third-order valence-corrected chi connectivity index (χ3v) is 3.47. The van der Waals surface area contributed by atoms with Crippen LogP contribution in [0.2, 0.25) is 0 Å². The Bertz CT molecular complexity index is 656. The second kappa shape index (κ2) is 8.02. The molecule has 0 saturated carbocycles. The second-order valence-corrected chi connectivity index (χ2v) is 6.31. The van der Waals surface area contributed by atoms with Gasteiger partial charge in [-0.2, -0.15) is 0 Å². The summed E-state index contributed by atoms with van der Waals surface area (Å²) in [4.78, 5) is 12.2. The number of amides is 1. The number of anilines is 1. The van der Waals surface area contributed by atoms with Crippen LogP contribution in [0.5, 0.6) is 11.5 Å². The van der Waals surface area contributed by atoms with Gasteiger partial charge >= 0.3 is 0 Å². The summed E-state index contributed by atoms with van der Waals surface area (Å²) in [5, 5.41) is 2.83. The molecule has 0 aromatic heterocycles. The second-order valence-electron chi connectivity index (χ2n) is 5.40. The molecule has 0 heterocycles. The number of halogens is 1. The molecule has 2 aromatic carbocycles. The summed E-state index contributed by atoms with van der Waals surface area (Å²) in [7, 11) is 0. The van der Waals surface area contributed by atoms with Gasteiger partial charge in [-0.05, 0) is 63.2 Å². The Morgan fingerprint density at radius 2 is 1.70 bits per heavy atom. The first-order chi connectivity index (χ1) is 10.9. The maximum absolute atomic E-state index is 12.2. The lowest BCUT2D eigenvalue weighted by atomic mass is 10.2. The van der Waals surface area contributed by atoms with Gasteiger partial charge in [-0.1, -0.05) is 22.0 Å². The SMILES string of the molecule is CC(C)Oc1ccc(NC(=O)C(C)Oc2cccc(Br)c2)cc1. The molecule has 0 radical (unpaired) electrons. The van der Waals surface area contributed by atoms with Crippen LogP contribution >= 0.6 is 15.9 Å². The molecule has 2 aromatic rings. The first-order valence-corrected chi connectivity index (χ1v) is 8.23. The fourth-order valence-electron chi connectivity index (χ4n) is 1.93. The fraction of sp³-hybridized carbons (Fsp3) is 0.278. The van der Waals surface area contributed by atoms with Crippen molar-refractivity contribution in [1.29, 1.82) is 0 Å². The molecular weight excluding hydrogens is 358 g/mol. The van der Waals surface area contributed by atoms with Gasteiger partial charge in [0, 0.05) is 10.2 Å². The molecule has 0 bridgehead atoms. The van der Waals surface area contributed by atoms with Gasteiger partial charge in [-0.3, -0.25) is 4.79 Å². The predicted octanol–water partition coefficient (Wildman–Crippen LogP) is 4.64. The smallest absolute Gasteiger partial charge is 0.265 e. The number of carbonyl (C=O) groups is 1. The Kier molecular flexibility index (Phi) is 6.04. The van der Waals surface area contributed by atoms with Gasteiger partial charge < -0.3 is 14.8 Å². The van der Waals surface area contributed by atoms with Crippen molar-refractivity contribution in [2.24, 2.45) is 0 Å². The first kappa shape index (κ1) is 17.3. The lowest BCUT2D eigenvalue weighted by Gasteiger charge is -2.15. The van der Waals surface area contributed by atoms with Crippen LogP contribution in [0.3, 0.4) is 0 Å². The van der Waals surface area contributed by atoms with Crippen molar-refractivity contribution in [2.45, 2.75) is 33.0 Å². The minimum absolute atomic E-state index is 0.119. The lowest BCUT2D eigenvalue weighted by Crippen LogP contribution is -2.30. The van der Waals surface area contributed by atoms with E-state index in [0.717, 1.165) is 10.2 Å². The molecule has 0 spiro atoms. The van der Waals surface area contributed by atoms with E-state index in [9.17, 15) is 4.79 Å². The van der Waals surface area contributed by atoms with Gasteiger partial charge in [0.2, 0.25) is 0 Å². The topological polar surface area (TPSA) is 47.6 Å². The van der Waals surface area contributed by atoms with E-state index in [4.69, 9.17) is 9.47 Å². The van der Waals surface area contributed by atoms with Crippen molar-refractivity contribution in [1.82, 2.24) is 0 Å². The Morgan fingerprint density at radius 3 is 2.30 bits per heavy atom. The summed E-state index contributed by atoms with van der Waals surface area (Å²) in [6.45, 7) is 5.65. The number of hydrogen-bond acceptors (Lipinski definition) is 3. The number of carbonyl (C=O) groups excluding carboxylic acids is 1. The van der Waals surface area contributed by atoms with Crippen LogP contribution in [0.15, 0.2) is 53.0 Å². The molecular formula is C18H20BrNO3. The highest BCUT2D eigenvalue weighted by molar-refractivity contribution is 9.10. The highest BCUT2D eigenvalue weighted by Crippen LogP contribution is 2.20. The monoisotopic (exact) mass is 377 g/mol. The standard InChI is InChI=1S/C18H20BrNO3/c1-12(2)22-16-9-7-15(8-10-16)20-18(21)13(3)23-17-6-4-5-14(19)11-17/h4-13H,1-3H3,(H,20,21). The van der Waals surface area contributed by atoms with Gasteiger partial charge in [-0.25, -0.2) is 0 Å². The Hall–Kier alpha value is -2.01. The molecule has 0 aliphatic heterocycles. The molecule has 1 unspecified atom stereocenters. The van der Waals surface area contributed by atoms with Crippen LogP contribution in [0.25, 0.3) is 0 Å². The van der Waals surface area contributed by atoms with Gasteiger partial charge in [0.25, 0.3) is 5.91 Å². The number of ether oxygens (including phenoxy) is 2. The summed E-state index contributed by atoms with van der Waals surface area (Å²) in [5.74, 6) is 1.21. The average molecular weight is 378 g/mol. The molecule has 2 rings (SSSR count). The van der Waals surface area contributed by atoms with E-state index < -0.39 is 6.10 Å². The van der Waals surface area contributed by atoms with Crippen molar-refractivity contribution in [3.05, 3.63) is 53.0 Å². The molecule has 0 aliphatic rings. The third kappa shape index (κ3) is 5.60. The summed E-state index contributed by atoms with van der Waals surface area (Å²) < 4.78 is 12.1. The van der Waals surface area contributed by atoms with Crippen LogP contribution in [-0.2, 0) is 4.79 Å². The van der Waals surface area contributed by atoms with Crippen molar-refractivity contribution >= 4 is 27.5 Å². The summed E-state index contributed by atoms with van der Waals surface area (Å²) in [6.07, 6.45) is -0.482. The third-order valence-electron chi connectivity index (χ3n) is 2.97. The largest absolute Gasteiger partial charge is 0.491 e. The van der Waals surface area contributed by atoms with Crippen molar-refractivity contribution < 1.29 is 14.3 Å². The van der Waals surface area contributed by atoms with Crippen LogP contribution in [0.4, 0.5) is 5.69 Å². The molecule has 0 fully saturated rings. The maximum atomic E-state index is 12.2. The molecule has 4 nitrogen and oxygen atoms in total. The predicted molar refractivity (Wildman–Crippen MR) is 95.1 cm³/mol. The molecule has 1 atom stereocenters. The van der Waals surface area contributed by atoms with Crippen LogP contribution in [0.1, 0.15) is 20.8 Å². The number of rotatable bonds is 6. The summed E-state index contributed by atoms with van der Waals surface area (Å²) in [5.41, 5.74) is 0.704. The molecule has 0 aliphatic carbocycles. The highest BCUT2D eigenvalue weighted by Gasteiger charge is 2.15. The molecule has 122 valence electrons. The minimum atomic E-state index is -0.601. The summed E-state index contributed by atoms with van der Waals surface area (Å²) >= 11 is 3.37. The van der Waals surface area contributed by atoms with E-state index in [1.165, 1.54) is 0 Å². The van der Waals surface area contributed by atoms with E-state index in [1.807, 2.05) is 50.2 Å². The maximum Gasteiger partial charge on any atom is 0.265 e.